The average molecular weight is 337 g/mol. The molecule has 0 atom stereocenters. The lowest BCUT2D eigenvalue weighted by molar-refractivity contribution is -0.384. The van der Waals surface area contributed by atoms with Crippen LogP contribution in [0.2, 0.25) is 0 Å². The van der Waals surface area contributed by atoms with Crippen LogP contribution in [0.3, 0.4) is 0 Å². The summed E-state index contributed by atoms with van der Waals surface area (Å²) in [5, 5.41) is 14.1. The second-order valence-corrected chi connectivity index (χ2v) is 4.89. The molecule has 0 aliphatic heterocycles. The Bertz CT molecular complexity index is 632. The van der Waals surface area contributed by atoms with E-state index >= 15 is 0 Å². The van der Waals surface area contributed by atoms with Crippen LogP contribution >= 0.6 is 15.9 Å². The Morgan fingerprint density at radius 1 is 1.25 bits per heavy atom. The highest BCUT2D eigenvalue weighted by Gasteiger charge is 2.15. The van der Waals surface area contributed by atoms with E-state index in [1.54, 1.807) is 12.1 Å². The maximum atomic E-state index is 11.1. The maximum Gasteiger partial charge on any atom is 0.293 e. The zero-order valence-corrected chi connectivity index (χ0v) is 12.4. The normalized spacial score (nSPS) is 10.1. The zero-order valence-electron chi connectivity index (χ0n) is 10.8. The minimum Gasteiger partial charge on any atom is -0.492 e. The van der Waals surface area contributed by atoms with Crippen molar-refractivity contribution in [2.75, 3.05) is 11.9 Å². The molecule has 2 aromatic rings. The minimum absolute atomic E-state index is 0.00526. The molecule has 0 heterocycles. The monoisotopic (exact) mass is 336 g/mol. The Kier molecular flexibility index (Phi) is 4.57. The van der Waals surface area contributed by atoms with Crippen LogP contribution in [0, 0.1) is 10.1 Å². The third-order valence-corrected chi connectivity index (χ3v) is 3.11. The Morgan fingerprint density at radius 2 is 2.00 bits per heavy atom. The first-order valence-electron chi connectivity index (χ1n) is 6.04. The molecule has 0 aromatic heterocycles. The van der Waals surface area contributed by atoms with Gasteiger partial charge in [0, 0.05) is 10.5 Å². The van der Waals surface area contributed by atoms with Gasteiger partial charge in [-0.05, 0) is 31.2 Å². The van der Waals surface area contributed by atoms with Gasteiger partial charge in [-0.2, -0.15) is 0 Å². The molecule has 0 saturated heterocycles. The third-order valence-electron chi connectivity index (χ3n) is 2.61. The molecule has 2 aromatic carbocycles. The Labute approximate surface area is 124 Å². The average Bonchev–Trinajstić information content (AvgIpc) is 2.43. The molecule has 6 heteroatoms. The van der Waals surface area contributed by atoms with Gasteiger partial charge in [0.1, 0.15) is 11.4 Å². The second kappa shape index (κ2) is 6.38. The highest BCUT2D eigenvalue weighted by atomic mass is 79.9. The maximum absolute atomic E-state index is 11.1. The summed E-state index contributed by atoms with van der Waals surface area (Å²) in [6.45, 7) is 2.42. The smallest absolute Gasteiger partial charge is 0.293 e. The molecule has 0 spiro atoms. The zero-order chi connectivity index (χ0) is 14.5. The van der Waals surface area contributed by atoms with Gasteiger partial charge in [0.15, 0.2) is 0 Å². The van der Waals surface area contributed by atoms with Crippen molar-refractivity contribution in [3.05, 3.63) is 57.1 Å². The number of nitrogens with one attached hydrogen (secondary N) is 1. The Morgan fingerprint density at radius 3 is 2.70 bits per heavy atom. The number of anilines is 2. The molecule has 0 fully saturated rings. The van der Waals surface area contributed by atoms with Gasteiger partial charge in [0.05, 0.1) is 17.2 Å². The lowest BCUT2D eigenvalue weighted by atomic mass is 10.2. The molecule has 0 unspecified atom stereocenters. The Balaban J connectivity index is 2.37. The minimum atomic E-state index is -0.420. The van der Waals surface area contributed by atoms with E-state index in [2.05, 4.69) is 21.2 Å². The van der Waals surface area contributed by atoms with Crippen LogP contribution in [-0.2, 0) is 0 Å². The van der Waals surface area contributed by atoms with Crippen molar-refractivity contribution in [3.8, 4) is 5.75 Å². The van der Waals surface area contributed by atoms with Crippen LogP contribution in [0.5, 0.6) is 5.75 Å². The van der Waals surface area contributed by atoms with Crippen molar-refractivity contribution in [1.82, 2.24) is 0 Å². The van der Waals surface area contributed by atoms with Gasteiger partial charge in [0.25, 0.3) is 5.69 Å². The summed E-state index contributed by atoms with van der Waals surface area (Å²) in [7, 11) is 0. The molecule has 0 saturated carbocycles. The predicted molar refractivity (Wildman–Crippen MR) is 81.7 cm³/mol. The van der Waals surface area contributed by atoms with Gasteiger partial charge in [0.2, 0.25) is 0 Å². The quantitative estimate of drug-likeness (QED) is 0.644. The molecule has 0 bridgehead atoms. The molecular formula is C14H13BrN2O3. The molecule has 0 amide bonds. The fourth-order valence-corrected chi connectivity index (χ4v) is 2.11. The Hall–Kier alpha value is -2.08. The van der Waals surface area contributed by atoms with E-state index in [9.17, 15) is 10.1 Å². The highest BCUT2D eigenvalue weighted by molar-refractivity contribution is 9.10. The molecular weight excluding hydrogens is 324 g/mol. The molecule has 5 nitrogen and oxygen atoms in total. The molecule has 20 heavy (non-hydrogen) atoms. The number of halogens is 1. The molecule has 104 valence electrons. The number of ether oxygens (including phenoxy) is 1. The summed E-state index contributed by atoms with van der Waals surface area (Å²) < 4.78 is 6.15. The van der Waals surface area contributed by atoms with Crippen LogP contribution in [0.4, 0.5) is 17.1 Å². The van der Waals surface area contributed by atoms with Crippen molar-refractivity contribution < 1.29 is 9.66 Å². The van der Waals surface area contributed by atoms with Crippen LogP contribution in [-0.4, -0.2) is 11.5 Å². The third kappa shape index (κ3) is 3.27. The summed E-state index contributed by atoms with van der Waals surface area (Å²) >= 11 is 3.23. The molecule has 2 rings (SSSR count). The standard InChI is InChI=1S/C14H13BrN2O3/c1-2-20-14-6-4-3-5-12(14)16-11-8-7-10(15)9-13(11)17(18)19/h3-9,16H,2H2,1H3. The van der Waals surface area contributed by atoms with Crippen LogP contribution < -0.4 is 10.1 Å². The van der Waals surface area contributed by atoms with E-state index in [0.29, 0.717) is 28.2 Å². The number of para-hydroxylation sites is 2. The molecule has 0 aliphatic rings. The number of hydrogen-bond acceptors (Lipinski definition) is 4. The topological polar surface area (TPSA) is 64.4 Å². The first-order valence-corrected chi connectivity index (χ1v) is 6.84. The van der Waals surface area contributed by atoms with E-state index in [1.165, 1.54) is 6.07 Å². The van der Waals surface area contributed by atoms with Gasteiger partial charge in [-0.25, -0.2) is 0 Å². The lowest BCUT2D eigenvalue weighted by Gasteiger charge is -2.12. The van der Waals surface area contributed by atoms with E-state index in [1.807, 2.05) is 31.2 Å². The molecule has 0 radical (unpaired) electrons. The van der Waals surface area contributed by atoms with Crippen molar-refractivity contribution in [3.63, 3.8) is 0 Å². The van der Waals surface area contributed by atoms with Gasteiger partial charge in [-0.3, -0.25) is 10.1 Å². The van der Waals surface area contributed by atoms with E-state index in [4.69, 9.17) is 4.74 Å². The van der Waals surface area contributed by atoms with Crippen molar-refractivity contribution in [2.24, 2.45) is 0 Å². The summed E-state index contributed by atoms with van der Waals surface area (Å²) in [5.41, 5.74) is 1.12. The number of benzene rings is 2. The van der Waals surface area contributed by atoms with Gasteiger partial charge < -0.3 is 10.1 Å². The fraction of sp³-hybridized carbons (Fsp3) is 0.143. The first kappa shape index (κ1) is 14.3. The number of rotatable bonds is 5. The van der Waals surface area contributed by atoms with Crippen LogP contribution in [0.25, 0.3) is 0 Å². The fourth-order valence-electron chi connectivity index (χ4n) is 1.76. The second-order valence-electron chi connectivity index (χ2n) is 3.97. The van der Waals surface area contributed by atoms with Gasteiger partial charge in [-0.1, -0.05) is 28.1 Å². The van der Waals surface area contributed by atoms with Crippen LogP contribution in [0.15, 0.2) is 46.9 Å². The van der Waals surface area contributed by atoms with E-state index < -0.39 is 4.92 Å². The van der Waals surface area contributed by atoms with Crippen molar-refractivity contribution in [1.29, 1.82) is 0 Å². The van der Waals surface area contributed by atoms with E-state index in [0.717, 1.165) is 0 Å². The van der Waals surface area contributed by atoms with Crippen molar-refractivity contribution in [2.45, 2.75) is 6.92 Å². The summed E-state index contributed by atoms with van der Waals surface area (Å²) in [6.07, 6.45) is 0. The summed E-state index contributed by atoms with van der Waals surface area (Å²) in [4.78, 5) is 10.7. The lowest BCUT2D eigenvalue weighted by Crippen LogP contribution is -2.00. The molecule has 1 N–H and O–H groups in total. The van der Waals surface area contributed by atoms with E-state index in [-0.39, 0.29) is 5.69 Å². The number of hydrogen-bond donors (Lipinski definition) is 1. The summed E-state index contributed by atoms with van der Waals surface area (Å²) in [6, 6.07) is 12.2. The summed E-state index contributed by atoms with van der Waals surface area (Å²) in [5.74, 6) is 0.659. The number of nitro groups is 1. The molecule has 0 aliphatic carbocycles. The van der Waals surface area contributed by atoms with Gasteiger partial charge >= 0.3 is 0 Å². The largest absolute Gasteiger partial charge is 0.492 e. The van der Waals surface area contributed by atoms with Crippen molar-refractivity contribution >= 4 is 33.0 Å². The number of nitro benzene ring substituents is 1. The predicted octanol–water partition coefficient (Wildman–Crippen LogP) is 4.50. The number of nitrogens with zero attached hydrogens (tertiary/aromatic N) is 1. The van der Waals surface area contributed by atoms with Crippen LogP contribution in [0.1, 0.15) is 6.92 Å². The highest BCUT2D eigenvalue weighted by Crippen LogP contribution is 2.33. The first-order chi connectivity index (χ1) is 9.61. The SMILES string of the molecule is CCOc1ccccc1Nc1ccc(Br)cc1[N+](=O)[O-]. The van der Waals surface area contributed by atoms with Gasteiger partial charge in [-0.15, -0.1) is 0 Å².